The summed E-state index contributed by atoms with van der Waals surface area (Å²) in [5.41, 5.74) is 9.06. The largest absolute Gasteiger partial charge is 0.257 e. The van der Waals surface area contributed by atoms with Crippen LogP contribution in [0.25, 0.3) is 11.1 Å². The van der Waals surface area contributed by atoms with E-state index in [0.717, 1.165) is 24.1 Å². The minimum Gasteiger partial charge on any atom is -0.257 e. The Morgan fingerprint density at radius 1 is 1.00 bits per heavy atom. The summed E-state index contributed by atoms with van der Waals surface area (Å²) in [5.74, 6) is 0. The molecule has 1 nitrogen and oxygen atoms in total. The maximum absolute atomic E-state index is 4.38. The lowest BCUT2D eigenvalue weighted by molar-refractivity contribution is 0.684. The maximum Gasteiger partial charge on any atom is 0.0655 e. The second kappa shape index (κ2) is 6.95. The zero-order valence-corrected chi connectivity index (χ0v) is 14.1. The summed E-state index contributed by atoms with van der Waals surface area (Å²) in [6.07, 6.45) is 8.77. The van der Waals surface area contributed by atoms with Crippen molar-refractivity contribution < 1.29 is 0 Å². The summed E-state index contributed by atoms with van der Waals surface area (Å²) in [6, 6.07) is 10.7. The second-order valence-corrected chi connectivity index (χ2v) is 6.57. The standard InChI is InChI=1S/C22H25N/c1-16(11-12-17(2)22-10-6-7-13-23-22)21-15-20-9-5-4-8-19(20)14-18(21)3/h6-7,10,13-15H,1-2,4-5,8-9,11-12H2,3H3. The Morgan fingerprint density at radius 3 is 2.39 bits per heavy atom. The highest BCUT2D eigenvalue weighted by Crippen LogP contribution is 2.30. The van der Waals surface area contributed by atoms with Gasteiger partial charge in [-0.1, -0.05) is 31.4 Å². The first kappa shape index (κ1) is 15.7. The molecule has 1 aromatic carbocycles. The molecule has 0 amide bonds. The summed E-state index contributed by atoms with van der Waals surface area (Å²) >= 11 is 0. The van der Waals surface area contributed by atoms with Gasteiger partial charge in [-0.05, 0) is 91.0 Å². The van der Waals surface area contributed by atoms with Gasteiger partial charge in [-0.25, -0.2) is 0 Å². The Kier molecular flexibility index (Phi) is 4.76. The van der Waals surface area contributed by atoms with E-state index in [4.69, 9.17) is 0 Å². The molecule has 0 unspecified atom stereocenters. The number of pyridine rings is 1. The van der Waals surface area contributed by atoms with E-state index in [9.17, 15) is 0 Å². The third kappa shape index (κ3) is 3.61. The van der Waals surface area contributed by atoms with Gasteiger partial charge in [-0.15, -0.1) is 0 Å². The van der Waals surface area contributed by atoms with Crippen molar-refractivity contribution in [2.75, 3.05) is 0 Å². The quantitative estimate of drug-likeness (QED) is 0.682. The predicted molar refractivity (Wildman–Crippen MR) is 99.4 cm³/mol. The predicted octanol–water partition coefficient (Wildman–Crippen LogP) is 5.78. The van der Waals surface area contributed by atoms with E-state index < -0.39 is 0 Å². The Bertz CT molecular complexity index is 725. The Balaban J connectivity index is 1.70. The maximum atomic E-state index is 4.38. The van der Waals surface area contributed by atoms with Crippen LogP contribution in [0.2, 0.25) is 0 Å². The number of hydrogen-bond acceptors (Lipinski definition) is 1. The van der Waals surface area contributed by atoms with E-state index in [2.05, 4.69) is 37.2 Å². The van der Waals surface area contributed by atoms with Crippen LogP contribution in [0.4, 0.5) is 0 Å². The number of rotatable bonds is 5. The number of nitrogens with zero attached hydrogens (tertiary/aromatic N) is 1. The summed E-state index contributed by atoms with van der Waals surface area (Å²) in [6.45, 7) is 10.7. The smallest absolute Gasteiger partial charge is 0.0655 e. The molecule has 23 heavy (non-hydrogen) atoms. The molecule has 3 rings (SSSR count). The number of hydrogen-bond donors (Lipinski definition) is 0. The van der Waals surface area contributed by atoms with Crippen molar-refractivity contribution in [3.05, 3.63) is 77.6 Å². The van der Waals surface area contributed by atoms with Gasteiger partial charge in [0.25, 0.3) is 0 Å². The minimum absolute atomic E-state index is 0.909. The molecule has 0 radical (unpaired) electrons. The second-order valence-electron chi connectivity index (χ2n) is 6.57. The fourth-order valence-electron chi connectivity index (χ4n) is 3.43. The van der Waals surface area contributed by atoms with Crippen LogP contribution >= 0.6 is 0 Å². The van der Waals surface area contributed by atoms with Crippen molar-refractivity contribution in [2.24, 2.45) is 0 Å². The van der Waals surface area contributed by atoms with Gasteiger partial charge in [0.15, 0.2) is 0 Å². The molecule has 2 aromatic rings. The van der Waals surface area contributed by atoms with Crippen molar-refractivity contribution in [1.29, 1.82) is 0 Å². The molecular formula is C22H25N. The molecule has 0 fully saturated rings. The molecule has 1 heterocycles. The van der Waals surface area contributed by atoms with Crippen LogP contribution in [0.1, 0.15) is 53.6 Å². The van der Waals surface area contributed by atoms with Gasteiger partial charge < -0.3 is 0 Å². The van der Waals surface area contributed by atoms with E-state index in [-0.39, 0.29) is 0 Å². The molecule has 118 valence electrons. The zero-order chi connectivity index (χ0) is 16.2. The summed E-state index contributed by atoms with van der Waals surface area (Å²) in [4.78, 5) is 4.38. The highest BCUT2D eigenvalue weighted by molar-refractivity contribution is 5.70. The number of benzene rings is 1. The van der Waals surface area contributed by atoms with Gasteiger partial charge in [0, 0.05) is 6.20 Å². The van der Waals surface area contributed by atoms with E-state index in [1.54, 1.807) is 5.56 Å². The summed E-state index contributed by atoms with van der Waals surface area (Å²) < 4.78 is 0. The highest BCUT2D eigenvalue weighted by Gasteiger charge is 2.13. The van der Waals surface area contributed by atoms with Crippen LogP contribution in [0.3, 0.4) is 0 Å². The van der Waals surface area contributed by atoms with Crippen molar-refractivity contribution in [3.8, 4) is 0 Å². The molecule has 1 aliphatic rings. The number of aryl methyl sites for hydroxylation is 3. The fourth-order valence-corrected chi connectivity index (χ4v) is 3.43. The van der Waals surface area contributed by atoms with Gasteiger partial charge in [0.2, 0.25) is 0 Å². The third-order valence-corrected chi connectivity index (χ3v) is 4.83. The first-order valence-corrected chi connectivity index (χ1v) is 8.55. The molecule has 1 aromatic heterocycles. The molecule has 0 spiro atoms. The molecular weight excluding hydrogens is 278 g/mol. The first-order valence-electron chi connectivity index (χ1n) is 8.55. The highest BCUT2D eigenvalue weighted by atomic mass is 14.7. The molecule has 0 atom stereocenters. The lowest BCUT2D eigenvalue weighted by atomic mass is 9.86. The number of fused-ring (bicyclic) bond motifs is 1. The molecule has 0 saturated carbocycles. The van der Waals surface area contributed by atoms with Gasteiger partial charge in [-0.3, -0.25) is 4.98 Å². The summed E-state index contributed by atoms with van der Waals surface area (Å²) in [5, 5.41) is 0. The fraction of sp³-hybridized carbons (Fsp3) is 0.318. The Hall–Kier alpha value is -2.15. The van der Waals surface area contributed by atoms with Gasteiger partial charge in [0.05, 0.1) is 5.69 Å². The van der Waals surface area contributed by atoms with Crippen molar-refractivity contribution in [2.45, 2.75) is 45.4 Å². The van der Waals surface area contributed by atoms with E-state index in [0.29, 0.717) is 0 Å². The van der Waals surface area contributed by atoms with Gasteiger partial charge in [-0.2, -0.15) is 0 Å². The molecule has 0 bridgehead atoms. The van der Waals surface area contributed by atoms with Crippen LogP contribution < -0.4 is 0 Å². The van der Waals surface area contributed by atoms with E-state index >= 15 is 0 Å². The van der Waals surface area contributed by atoms with Crippen molar-refractivity contribution >= 4 is 11.1 Å². The van der Waals surface area contributed by atoms with Crippen molar-refractivity contribution in [3.63, 3.8) is 0 Å². The van der Waals surface area contributed by atoms with Crippen LogP contribution in [-0.4, -0.2) is 4.98 Å². The molecule has 0 N–H and O–H groups in total. The normalized spacial score (nSPS) is 13.4. The SMILES string of the molecule is C=C(CCC(=C)c1cc2c(cc1C)CCCC2)c1ccccn1. The topological polar surface area (TPSA) is 12.9 Å². The number of aromatic nitrogens is 1. The zero-order valence-electron chi connectivity index (χ0n) is 14.1. The van der Waals surface area contributed by atoms with Crippen LogP contribution in [-0.2, 0) is 12.8 Å². The van der Waals surface area contributed by atoms with E-state index in [1.165, 1.54) is 47.9 Å². The van der Waals surface area contributed by atoms with Gasteiger partial charge >= 0.3 is 0 Å². The summed E-state index contributed by atoms with van der Waals surface area (Å²) in [7, 11) is 0. The molecule has 0 aliphatic heterocycles. The molecule has 0 saturated heterocycles. The van der Waals surface area contributed by atoms with E-state index in [1.807, 2.05) is 24.4 Å². The minimum atomic E-state index is 0.909. The van der Waals surface area contributed by atoms with Crippen LogP contribution in [0.15, 0.2) is 49.7 Å². The van der Waals surface area contributed by atoms with Crippen molar-refractivity contribution in [1.82, 2.24) is 4.98 Å². The first-order chi connectivity index (χ1) is 11.1. The lowest BCUT2D eigenvalue weighted by Gasteiger charge is -2.20. The Morgan fingerprint density at radius 2 is 1.70 bits per heavy atom. The monoisotopic (exact) mass is 303 g/mol. The average Bonchev–Trinajstić information content (AvgIpc) is 2.59. The Labute approximate surface area is 139 Å². The average molecular weight is 303 g/mol. The molecule has 1 heteroatoms. The third-order valence-electron chi connectivity index (χ3n) is 4.83. The van der Waals surface area contributed by atoms with Crippen LogP contribution in [0.5, 0.6) is 0 Å². The number of allylic oxidation sites excluding steroid dienone is 2. The van der Waals surface area contributed by atoms with Crippen LogP contribution in [0, 0.1) is 6.92 Å². The lowest BCUT2D eigenvalue weighted by Crippen LogP contribution is -2.04. The van der Waals surface area contributed by atoms with Gasteiger partial charge in [0.1, 0.15) is 0 Å². The molecule has 1 aliphatic carbocycles.